The van der Waals surface area contributed by atoms with Crippen LogP contribution in [0, 0.1) is 0 Å². The summed E-state index contributed by atoms with van der Waals surface area (Å²) < 4.78 is 2.05. The van der Waals surface area contributed by atoms with Gasteiger partial charge in [0.2, 0.25) is 0 Å². The highest BCUT2D eigenvalue weighted by Crippen LogP contribution is 2.00. The van der Waals surface area contributed by atoms with Gasteiger partial charge in [0.15, 0.2) is 0 Å². The van der Waals surface area contributed by atoms with Crippen LogP contribution in [0.2, 0.25) is 0 Å². The fourth-order valence-electron chi connectivity index (χ4n) is 1.17. The molecule has 0 saturated carbocycles. The number of rotatable bonds is 2. The molecule has 0 amide bonds. The number of aromatic nitrogens is 2. The zero-order chi connectivity index (χ0) is 8.23. The minimum Gasteiger partial charge on any atom is -0.344 e. The van der Waals surface area contributed by atoms with E-state index in [4.69, 9.17) is 0 Å². The largest absolute Gasteiger partial charge is 0.344 e. The second-order valence-electron chi connectivity index (χ2n) is 2.72. The average molecular weight is 175 g/mol. The van der Waals surface area contributed by atoms with Crippen molar-refractivity contribution < 1.29 is 0 Å². The van der Waals surface area contributed by atoms with Crippen LogP contribution >= 0.6 is 0 Å². The predicted molar refractivity (Wildman–Crippen MR) is 52.8 cm³/mol. The van der Waals surface area contributed by atoms with E-state index >= 15 is 0 Å². The van der Waals surface area contributed by atoms with Crippen molar-refractivity contribution in [2.24, 2.45) is 0 Å². The Morgan fingerprint density at radius 3 is 2.54 bits per heavy atom. The monoisotopic (exact) mass is 175 g/mol. The molecule has 1 aromatic heterocycles. The maximum atomic E-state index is 3.98. The molecule has 1 heterocycles. The first kappa shape index (κ1) is 9.48. The first-order valence-corrected chi connectivity index (χ1v) is 3.95. The van der Waals surface area contributed by atoms with Crippen LogP contribution in [-0.4, -0.2) is 9.55 Å². The highest BCUT2D eigenvalue weighted by molar-refractivity contribution is 5.14. The van der Waals surface area contributed by atoms with Crippen LogP contribution < -0.4 is 6.15 Å². The van der Waals surface area contributed by atoms with Crippen molar-refractivity contribution in [1.82, 2.24) is 15.7 Å². The molecule has 0 aliphatic rings. The summed E-state index contributed by atoms with van der Waals surface area (Å²) in [6.45, 7) is 0.904. The van der Waals surface area contributed by atoms with E-state index in [1.807, 2.05) is 30.7 Å². The Labute approximate surface area is 77.6 Å². The smallest absolute Gasteiger partial charge is 0.0949 e. The summed E-state index contributed by atoms with van der Waals surface area (Å²) in [6.07, 6.45) is 5.59. The molecule has 13 heavy (non-hydrogen) atoms. The van der Waals surface area contributed by atoms with Crippen LogP contribution in [0.15, 0.2) is 49.1 Å². The third-order valence-corrected chi connectivity index (χ3v) is 1.77. The van der Waals surface area contributed by atoms with Crippen molar-refractivity contribution in [2.45, 2.75) is 6.54 Å². The van der Waals surface area contributed by atoms with Gasteiger partial charge in [0.25, 0.3) is 0 Å². The minimum atomic E-state index is 0. The normalized spacial score (nSPS) is 9.23. The fourth-order valence-corrected chi connectivity index (χ4v) is 1.17. The summed E-state index contributed by atoms with van der Waals surface area (Å²) in [5.74, 6) is 0. The lowest BCUT2D eigenvalue weighted by Gasteiger charge is -2.00. The zero-order valence-electron chi connectivity index (χ0n) is 7.43. The number of hydrogen-bond donors (Lipinski definition) is 1. The molecule has 0 radical (unpaired) electrons. The molecular weight excluding hydrogens is 162 g/mol. The summed E-state index contributed by atoms with van der Waals surface area (Å²) in [4.78, 5) is 3.98. The van der Waals surface area contributed by atoms with E-state index < -0.39 is 0 Å². The number of benzene rings is 1. The molecule has 3 N–H and O–H groups in total. The molecule has 0 spiro atoms. The summed E-state index contributed by atoms with van der Waals surface area (Å²) in [5.41, 5.74) is 1.30. The fraction of sp³-hybridized carbons (Fsp3) is 0.100. The number of imidazole rings is 1. The van der Waals surface area contributed by atoms with Crippen LogP contribution in [0.4, 0.5) is 0 Å². The van der Waals surface area contributed by atoms with Gasteiger partial charge in [-0.25, -0.2) is 4.98 Å². The van der Waals surface area contributed by atoms with Crippen LogP contribution in [0.3, 0.4) is 0 Å². The van der Waals surface area contributed by atoms with E-state index in [-0.39, 0.29) is 6.15 Å². The predicted octanol–water partition coefficient (Wildman–Crippen LogP) is 2.09. The highest BCUT2D eigenvalue weighted by atomic mass is 15.0. The van der Waals surface area contributed by atoms with Crippen molar-refractivity contribution in [3.63, 3.8) is 0 Å². The first-order chi connectivity index (χ1) is 5.95. The highest BCUT2D eigenvalue weighted by Gasteiger charge is 1.91. The standard InChI is InChI=1S/C10H10N2.H3N/c1-2-4-10(5-3-1)8-12-7-6-11-9-12;/h1-7,9H,8H2;1H3. The first-order valence-electron chi connectivity index (χ1n) is 3.95. The van der Waals surface area contributed by atoms with E-state index in [1.165, 1.54) is 5.56 Å². The summed E-state index contributed by atoms with van der Waals surface area (Å²) in [6, 6.07) is 10.3. The van der Waals surface area contributed by atoms with Crippen molar-refractivity contribution in [3.8, 4) is 0 Å². The Balaban J connectivity index is 0.000000845. The van der Waals surface area contributed by atoms with Crippen molar-refractivity contribution in [3.05, 3.63) is 54.6 Å². The Kier molecular flexibility index (Phi) is 3.23. The Morgan fingerprint density at radius 1 is 1.15 bits per heavy atom. The zero-order valence-corrected chi connectivity index (χ0v) is 7.43. The molecule has 0 fully saturated rings. The Bertz CT molecular complexity index is 326. The molecule has 0 bridgehead atoms. The lowest BCUT2D eigenvalue weighted by atomic mass is 10.2. The third-order valence-electron chi connectivity index (χ3n) is 1.77. The molecule has 0 unspecified atom stereocenters. The van der Waals surface area contributed by atoms with Crippen LogP contribution in [0.5, 0.6) is 0 Å². The quantitative estimate of drug-likeness (QED) is 0.759. The third kappa shape index (κ3) is 2.42. The molecule has 3 heteroatoms. The maximum Gasteiger partial charge on any atom is 0.0949 e. The van der Waals surface area contributed by atoms with E-state index in [9.17, 15) is 0 Å². The average Bonchev–Trinajstić information content (AvgIpc) is 2.59. The van der Waals surface area contributed by atoms with Crippen LogP contribution in [-0.2, 0) is 6.54 Å². The van der Waals surface area contributed by atoms with Crippen molar-refractivity contribution in [1.29, 1.82) is 0 Å². The molecule has 0 atom stereocenters. The molecule has 0 aliphatic heterocycles. The number of hydrogen-bond acceptors (Lipinski definition) is 2. The van der Waals surface area contributed by atoms with Gasteiger partial charge in [-0.2, -0.15) is 0 Å². The number of nitrogens with zero attached hydrogens (tertiary/aromatic N) is 2. The minimum absolute atomic E-state index is 0. The second-order valence-corrected chi connectivity index (χ2v) is 2.72. The maximum absolute atomic E-state index is 3.98. The van der Waals surface area contributed by atoms with Crippen molar-refractivity contribution >= 4 is 0 Å². The van der Waals surface area contributed by atoms with Gasteiger partial charge in [0.1, 0.15) is 0 Å². The second kappa shape index (κ2) is 4.42. The van der Waals surface area contributed by atoms with Gasteiger partial charge in [-0.05, 0) is 5.56 Å². The van der Waals surface area contributed by atoms with E-state index in [2.05, 4.69) is 21.7 Å². The van der Waals surface area contributed by atoms with E-state index in [1.54, 1.807) is 6.20 Å². The van der Waals surface area contributed by atoms with Gasteiger partial charge < -0.3 is 10.7 Å². The van der Waals surface area contributed by atoms with Gasteiger partial charge >= 0.3 is 0 Å². The molecule has 1 aromatic carbocycles. The summed E-state index contributed by atoms with van der Waals surface area (Å²) in [7, 11) is 0. The van der Waals surface area contributed by atoms with E-state index in [0.29, 0.717) is 0 Å². The van der Waals surface area contributed by atoms with Gasteiger partial charge in [-0.3, -0.25) is 0 Å². The Hall–Kier alpha value is -1.61. The molecular formula is C10H13N3. The van der Waals surface area contributed by atoms with Gasteiger partial charge in [0.05, 0.1) is 6.33 Å². The lowest BCUT2D eigenvalue weighted by molar-refractivity contribution is 0.797. The van der Waals surface area contributed by atoms with E-state index in [0.717, 1.165) is 6.54 Å². The molecule has 2 aromatic rings. The van der Waals surface area contributed by atoms with Crippen LogP contribution in [0.25, 0.3) is 0 Å². The van der Waals surface area contributed by atoms with Crippen molar-refractivity contribution in [2.75, 3.05) is 0 Å². The molecule has 2 rings (SSSR count). The van der Waals surface area contributed by atoms with Gasteiger partial charge in [0, 0.05) is 18.9 Å². The van der Waals surface area contributed by atoms with Gasteiger partial charge in [-0.1, -0.05) is 30.3 Å². The molecule has 0 aliphatic carbocycles. The topological polar surface area (TPSA) is 52.8 Å². The SMILES string of the molecule is N.c1ccc(Cn2ccnc2)cc1. The van der Waals surface area contributed by atoms with Gasteiger partial charge in [-0.15, -0.1) is 0 Å². The molecule has 68 valence electrons. The molecule has 0 saturated heterocycles. The summed E-state index contributed by atoms with van der Waals surface area (Å²) >= 11 is 0. The Morgan fingerprint density at radius 2 is 1.92 bits per heavy atom. The lowest BCUT2D eigenvalue weighted by Crippen LogP contribution is -1.95. The van der Waals surface area contributed by atoms with Crippen LogP contribution in [0.1, 0.15) is 5.56 Å². The molecule has 3 nitrogen and oxygen atoms in total. The summed E-state index contributed by atoms with van der Waals surface area (Å²) in [5, 5.41) is 0.